The minimum absolute atomic E-state index is 0. The van der Waals surface area contributed by atoms with Crippen molar-refractivity contribution in [3.63, 3.8) is 0 Å². The molecule has 24 heavy (non-hydrogen) atoms. The van der Waals surface area contributed by atoms with Gasteiger partial charge < -0.3 is 25.6 Å². The summed E-state index contributed by atoms with van der Waals surface area (Å²) in [6.45, 7) is 11.9. The van der Waals surface area contributed by atoms with Crippen LogP contribution in [0, 0.1) is 0 Å². The third kappa shape index (κ3) is 8.91. The summed E-state index contributed by atoms with van der Waals surface area (Å²) in [4.78, 5) is 20.2. The molecule has 0 spiro atoms. The summed E-state index contributed by atoms with van der Waals surface area (Å²) in [7, 11) is 0. The number of carbonyl (C=O) groups is 1. The second kappa shape index (κ2) is 13.5. The van der Waals surface area contributed by atoms with Crippen LogP contribution in [0.4, 0.5) is 4.79 Å². The first-order chi connectivity index (χ1) is 11.1. The zero-order valence-corrected chi connectivity index (χ0v) is 17.6. The summed E-state index contributed by atoms with van der Waals surface area (Å²) in [5, 5.41) is 3.26. The largest absolute Gasteiger partial charge is 0.450 e. The summed E-state index contributed by atoms with van der Waals surface area (Å²) in [6, 6.07) is 0.284. The van der Waals surface area contributed by atoms with Crippen molar-refractivity contribution in [1.82, 2.24) is 15.1 Å². The average Bonchev–Trinajstić information content (AvgIpc) is 2.56. The van der Waals surface area contributed by atoms with Crippen LogP contribution in [-0.4, -0.2) is 73.8 Å². The van der Waals surface area contributed by atoms with Gasteiger partial charge in [0.05, 0.1) is 6.61 Å². The highest BCUT2D eigenvalue weighted by molar-refractivity contribution is 14.0. The Bertz CT molecular complexity index is 369. The minimum atomic E-state index is -0.219. The van der Waals surface area contributed by atoms with Gasteiger partial charge in [-0.25, -0.2) is 4.79 Å². The Morgan fingerprint density at radius 2 is 1.92 bits per heavy atom. The highest BCUT2D eigenvalue weighted by Crippen LogP contribution is 2.11. The quantitative estimate of drug-likeness (QED) is 0.253. The summed E-state index contributed by atoms with van der Waals surface area (Å²) >= 11 is 0. The molecule has 1 saturated heterocycles. The minimum Gasteiger partial charge on any atom is -0.450 e. The van der Waals surface area contributed by atoms with Gasteiger partial charge in [0.15, 0.2) is 5.96 Å². The molecule has 0 atom stereocenters. The van der Waals surface area contributed by atoms with Gasteiger partial charge >= 0.3 is 6.09 Å². The van der Waals surface area contributed by atoms with Crippen LogP contribution < -0.4 is 11.1 Å². The fourth-order valence-corrected chi connectivity index (χ4v) is 2.71. The van der Waals surface area contributed by atoms with Crippen LogP contribution in [0.5, 0.6) is 0 Å². The number of amides is 1. The van der Waals surface area contributed by atoms with E-state index >= 15 is 0 Å². The Labute approximate surface area is 163 Å². The summed E-state index contributed by atoms with van der Waals surface area (Å²) in [5.74, 6) is 0.513. The number of hydrogen-bond acceptors (Lipinski definition) is 4. The summed E-state index contributed by atoms with van der Waals surface area (Å²) in [6.07, 6.45) is 2.54. The third-order valence-electron chi connectivity index (χ3n) is 4.18. The number of aliphatic imine (C=N–C) groups is 1. The van der Waals surface area contributed by atoms with Gasteiger partial charge in [-0.2, -0.15) is 0 Å². The molecule has 1 heterocycles. The van der Waals surface area contributed by atoms with E-state index in [0.29, 0.717) is 25.7 Å². The van der Waals surface area contributed by atoms with Gasteiger partial charge in [0, 0.05) is 25.7 Å². The molecule has 7 nitrogen and oxygen atoms in total. The van der Waals surface area contributed by atoms with E-state index in [1.54, 1.807) is 4.90 Å². The molecule has 0 aliphatic carbocycles. The number of ether oxygens (including phenoxy) is 1. The maximum atomic E-state index is 11.6. The first-order valence-electron chi connectivity index (χ1n) is 8.81. The van der Waals surface area contributed by atoms with Gasteiger partial charge in [-0.1, -0.05) is 13.8 Å². The molecule has 0 unspecified atom stereocenters. The van der Waals surface area contributed by atoms with E-state index in [1.807, 2.05) is 6.92 Å². The van der Waals surface area contributed by atoms with Crippen molar-refractivity contribution in [2.24, 2.45) is 10.7 Å². The lowest BCUT2D eigenvalue weighted by Crippen LogP contribution is -2.48. The number of nitrogens with one attached hydrogen (secondary N) is 1. The zero-order valence-electron chi connectivity index (χ0n) is 15.3. The number of carbonyl (C=O) groups excluding carboxylic acids is 1. The zero-order chi connectivity index (χ0) is 17.1. The van der Waals surface area contributed by atoms with E-state index in [-0.39, 0.29) is 36.1 Å². The van der Waals surface area contributed by atoms with Crippen molar-refractivity contribution in [2.75, 3.05) is 45.9 Å². The van der Waals surface area contributed by atoms with Crippen LogP contribution in [-0.2, 0) is 4.74 Å². The lowest BCUT2D eigenvalue weighted by molar-refractivity contribution is 0.0963. The normalized spacial score (nSPS) is 16.0. The molecule has 142 valence electrons. The Morgan fingerprint density at radius 1 is 1.29 bits per heavy atom. The van der Waals surface area contributed by atoms with Gasteiger partial charge in [-0.3, -0.25) is 4.99 Å². The summed E-state index contributed by atoms with van der Waals surface area (Å²) in [5.41, 5.74) is 5.95. The highest BCUT2D eigenvalue weighted by atomic mass is 127. The van der Waals surface area contributed by atoms with Crippen molar-refractivity contribution in [3.8, 4) is 0 Å². The average molecular weight is 455 g/mol. The second-order valence-corrected chi connectivity index (χ2v) is 5.75. The predicted molar refractivity (Wildman–Crippen MR) is 109 cm³/mol. The number of nitrogens with zero attached hydrogens (tertiary/aromatic N) is 3. The topological polar surface area (TPSA) is 83.2 Å². The van der Waals surface area contributed by atoms with Crippen LogP contribution in [0.1, 0.15) is 40.0 Å². The maximum absolute atomic E-state index is 11.6. The maximum Gasteiger partial charge on any atom is 0.409 e. The lowest BCUT2D eigenvalue weighted by atomic mass is 10.1. The van der Waals surface area contributed by atoms with Crippen LogP contribution in [0.15, 0.2) is 4.99 Å². The molecule has 0 saturated carbocycles. The molecular formula is C16H34IN5O2. The van der Waals surface area contributed by atoms with Crippen molar-refractivity contribution in [2.45, 2.75) is 46.1 Å². The number of guanidine groups is 1. The number of halogens is 1. The van der Waals surface area contributed by atoms with E-state index in [1.165, 1.54) is 0 Å². The predicted octanol–water partition coefficient (Wildman–Crippen LogP) is 1.86. The van der Waals surface area contributed by atoms with Gasteiger partial charge in [0.1, 0.15) is 0 Å². The Kier molecular flexibility index (Phi) is 13.1. The Morgan fingerprint density at radius 3 is 2.46 bits per heavy atom. The molecule has 1 rings (SSSR count). The van der Waals surface area contributed by atoms with Crippen molar-refractivity contribution < 1.29 is 9.53 Å². The van der Waals surface area contributed by atoms with Gasteiger partial charge in [0.25, 0.3) is 0 Å². The van der Waals surface area contributed by atoms with E-state index in [0.717, 1.165) is 45.4 Å². The number of hydrogen-bond donors (Lipinski definition) is 2. The van der Waals surface area contributed by atoms with E-state index < -0.39 is 0 Å². The molecule has 1 aliphatic heterocycles. The van der Waals surface area contributed by atoms with E-state index in [2.05, 4.69) is 29.1 Å². The van der Waals surface area contributed by atoms with Crippen molar-refractivity contribution in [3.05, 3.63) is 0 Å². The number of nitrogens with two attached hydrogens (primary N) is 1. The molecule has 8 heteroatoms. The number of likely N-dealkylation sites (tertiary alicyclic amines) is 1. The number of rotatable bonds is 8. The second-order valence-electron chi connectivity index (χ2n) is 5.75. The molecule has 1 amide bonds. The number of piperidine rings is 1. The molecule has 0 radical (unpaired) electrons. The molecule has 0 bridgehead atoms. The molecule has 0 aromatic heterocycles. The van der Waals surface area contributed by atoms with Crippen LogP contribution >= 0.6 is 24.0 Å². The van der Waals surface area contributed by atoms with Gasteiger partial charge in [-0.15, -0.1) is 24.0 Å². The summed E-state index contributed by atoms with van der Waals surface area (Å²) < 4.78 is 5.02. The Hall–Kier alpha value is -0.770. The SMILES string of the molecule is CCOC(=O)N1CCC(NC(N)=NCCCN(CC)CC)CC1.I. The van der Waals surface area contributed by atoms with Crippen LogP contribution in [0.3, 0.4) is 0 Å². The molecule has 0 aromatic carbocycles. The molecule has 1 aliphatic rings. The fourth-order valence-electron chi connectivity index (χ4n) is 2.71. The molecule has 0 aromatic rings. The molecule has 1 fully saturated rings. The highest BCUT2D eigenvalue weighted by Gasteiger charge is 2.23. The third-order valence-corrected chi connectivity index (χ3v) is 4.18. The van der Waals surface area contributed by atoms with Gasteiger partial charge in [0.2, 0.25) is 0 Å². The van der Waals surface area contributed by atoms with E-state index in [9.17, 15) is 4.79 Å². The van der Waals surface area contributed by atoms with Crippen LogP contribution in [0.2, 0.25) is 0 Å². The van der Waals surface area contributed by atoms with Crippen molar-refractivity contribution >= 4 is 36.0 Å². The molecular weight excluding hydrogens is 421 g/mol. The lowest BCUT2D eigenvalue weighted by Gasteiger charge is -2.31. The standard InChI is InChI=1S/C16H33N5O2.HI/c1-4-20(5-2)11-7-10-18-15(17)19-14-8-12-21(13-9-14)16(22)23-6-3;/h14H,4-13H2,1-3H3,(H3,17,18,19);1H. The molecule has 3 N–H and O–H groups in total. The van der Waals surface area contributed by atoms with Crippen LogP contribution in [0.25, 0.3) is 0 Å². The Balaban J connectivity index is 0.00000529. The van der Waals surface area contributed by atoms with Gasteiger partial charge in [-0.05, 0) is 45.8 Å². The first kappa shape index (κ1) is 23.2. The monoisotopic (exact) mass is 455 g/mol. The fraction of sp³-hybridized carbons (Fsp3) is 0.875. The smallest absolute Gasteiger partial charge is 0.409 e. The van der Waals surface area contributed by atoms with Crippen molar-refractivity contribution in [1.29, 1.82) is 0 Å². The van der Waals surface area contributed by atoms with E-state index in [4.69, 9.17) is 10.5 Å². The first-order valence-corrected chi connectivity index (χ1v) is 8.81.